The van der Waals surface area contributed by atoms with Crippen LogP contribution in [0.1, 0.15) is 33.6 Å². The van der Waals surface area contributed by atoms with Gasteiger partial charge in [-0.1, -0.05) is 23.4 Å². The molecule has 1 aromatic heterocycles. The van der Waals surface area contributed by atoms with Gasteiger partial charge < -0.3 is 14.4 Å². The molecule has 1 aromatic rings. The Bertz CT molecular complexity index is 580. The summed E-state index contributed by atoms with van der Waals surface area (Å²) in [5, 5.41) is 0.944. The van der Waals surface area contributed by atoms with Crippen LogP contribution in [0.5, 0.6) is 5.88 Å². The van der Waals surface area contributed by atoms with Gasteiger partial charge in [0.2, 0.25) is 5.88 Å². The van der Waals surface area contributed by atoms with E-state index in [1.165, 1.54) is 11.8 Å². The predicted octanol–water partition coefficient (Wildman–Crippen LogP) is 3.88. The lowest BCUT2D eigenvalue weighted by Crippen LogP contribution is -2.44. The van der Waals surface area contributed by atoms with Crippen LogP contribution in [0.2, 0.25) is 5.15 Å². The molecule has 1 aliphatic rings. The zero-order valence-electron chi connectivity index (χ0n) is 14.5. The summed E-state index contributed by atoms with van der Waals surface area (Å²) in [6.45, 7) is 7.46. The van der Waals surface area contributed by atoms with Gasteiger partial charge in [0.05, 0.1) is 6.61 Å². The highest BCUT2D eigenvalue weighted by atomic mass is 35.5. The molecule has 1 atom stereocenters. The van der Waals surface area contributed by atoms with Gasteiger partial charge in [0.25, 0.3) is 0 Å². The number of amides is 1. The molecule has 2 rings (SSSR count). The Labute approximate surface area is 152 Å². The summed E-state index contributed by atoms with van der Waals surface area (Å²) < 4.78 is 11.2. The van der Waals surface area contributed by atoms with Gasteiger partial charge in [-0.15, -0.1) is 0 Å². The first-order valence-corrected chi connectivity index (χ1v) is 9.56. The quantitative estimate of drug-likeness (QED) is 0.453. The number of piperidine rings is 1. The average Bonchev–Trinajstić information content (AvgIpc) is 2.51. The molecule has 1 fully saturated rings. The van der Waals surface area contributed by atoms with E-state index in [0.29, 0.717) is 29.3 Å². The van der Waals surface area contributed by atoms with Crippen molar-refractivity contribution in [3.63, 3.8) is 0 Å². The number of rotatable bonds is 4. The number of aromatic nitrogens is 2. The molecule has 0 bridgehead atoms. The van der Waals surface area contributed by atoms with Crippen molar-refractivity contribution in [3.8, 4) is 5.88 Å². The molecule has 0 aromatic carbocycles. The molecule has 24 heavy (non-hydrogen) atoms. The maximum absolute atomic E-state index is 12.2. The molecule has 0 aliphatic carbocycles. The fourth-order valence-electron chi connectivity index (χ4n) is 2.44. The minimum absolute atomic E-state index is 0.248. The molecule has 1 unspecified atom stereocenters. The van der Waals surface area contributed by atoms with Crippen molar-refractivity contribution < 1.29 is 14.3 Å². The van der Waals surface area contributed by atoms with Crippen molar-refractivity contribution in [3.05, 3.63) is 11.2 Å². The fraction of sp³-hybridized carbons (Fsp3) is 0.688. The molecule has 1 aliphatic heterocycles. The fourth-order valence-corrected chi connectivity index (χ4v) is 3.03. The second-order valence-corrected chi connectivity index (χ2v) is 7.92. The van der Waals surface area contributed by atoms with Crippen molar-refractivity contribution in [1.29, 1.82) is 0 Å². The van der Waals surface area contributed by atoms with Crippen LogP contribution >= 0.6 is 23.4 Å². The first kappa shape index (κ1) is 19.1. The molecule has 0 radical (unpaired) electrons. The van der Waals surface area contributed by atoms with Crippen molar-refractivity contribution in [2.75, 3.05) is 26.0 Å². The van der Waals surface area contributed by atoms with E-state index in [9.17, 15) is 4.79 Å². The number of carbonyl (C=O) groups is 1. The van der Waals surface area contributed by atoms with Gasteiger partial charge in [0, 0.05) is 25.1 Å². The third-order valence-corrected chi connectivity index (χ3v) is 4.21. The van der Waals surface area contributed by atoms with Gasteiger partial charge >= 0.3 is 6.09 Å². The maximum Gasteiger partial charge on any atom is 0.410 e. The van der Waals surface area contributed by atoms with Crippen LogP contribution < -0.4 is 4.74 Å². The second-order valence-electron chi connectivity index (χ2n) is 6.76. The molecule has 2 heterocycles. The van der Waals surface area contributed by atoms with Crippen molar-refractivity contribution in [1.82, 2.24) is 14.9 Å². The van der Waals surface area contributed by atoms with Crippen LogP contribution in [0.15, 0.2) is 11.2 Å². The third-order valence-electron chi connectivity index (χ3n) is 3.47. The third kappa shape index (κ3) is 6.02. The molecule has 0 N–H and O–H groups in total. The number of nitrogens with zero attached hydrogens (tertiary/aromatic N) is 3. The van der Waals surface area contributed by atoms with E-state index in [-0.39, 0.29) is 12.0 Å². The van der Waals surface area contributed by atoms with Gasteiger partial charge in [-0.05, 0) is 39.9 Å². The second kappa shape index (κ2) is 8.25. The van der Waals surface area contributed by atoms with Crippen LogP contribution in [-0.2, 0) is 4.74 Å². The largest absolute Gasteiger partial charge is 0.477 e. The Balaban J connectivity index is 1.89. The summed E-state index contributed by atoms with van der Waals surface area (Å²) in [7, 11) is 0. The summed E-state index contributed by atoms with van der Waals surface area (Å²) in [5.41, 5.74) is -0.480. The van der Waals surface area contributed by atoms with Gasteiger partial charge in [0.15, 0.2) is 5.16 Å². The number of likely N-dealkylation sites (tertiary alicyclic amines) is 1. The lowest BCUT2D eigenvalue weighted by atomic mass is 9.99. The summed E-state index contributed by atoms with van der Waals surface area (Å²) in [6.07, 6.45) is 3.57. The number of carbonyl (C=O) groups excluding carboxylic acids is 1. The number of halogens is 1. The van der Waals surface area contributed by atoms with E-state index in [1.54, 1.807) is 11.0 Å². The zero-order valence-corrected chi connectivity index (χ0v) is 16.1. The molecule has 0 saturated carbocycles. The summed E-state index contributed by atoms with van der Waals surface area (Å²) in [4.78, 5) is 22.3. The van der Waals surface area contributed by atoms with Crippen LogP contribution in [0.25, 0.3) is 0 Å². The smallest absolute Gasteiger partial charge is 0.410 e. The minimum Gasteiger partial charge on any atom is -0.477 e. The van der Waals surface area contributed by atoms with E-state index in [1.807, 2.05) is 27.0 Å². The Morgan fingerprint density at radius 3 is 2.88 bits per heavy atom. The zero-order chi connectivity index (χ0) is 17.7. The van der Waals surface area contributed by atoms with E-state index >= 15 is 0 Å². The molecule has 0 spiro atoms. The predicted molar refractivity (Wildman–Crippen MR) is 94.8 cm³/mol. The molecule has 1 saturated heterocycles. The lowest BCUT2D eigenvalue weighted by Gasteiger charge is -2.33. The Morgan fingerprint density at radius 1 is 1.46 bits per heavy atom. The van der Waals surface area contributed by atoms with Crippen LogP contribution in [0.4, 0.5) is 4.79 Å². The Kier molecular flexibility index (Phi) is 6.57. The highest BCUT2D eigenvalue weighted by Crippen LogP contribution is 2.22. The standard InChI is InChI=1S/C16H24ClN3O3S/c1-16(2,3)23-15(21)20-7-5-6-11(9-20)10-22-13-8-12(17)18-14(19-13)24-4/h8,11H,5-7,9-10H2,1-4H3. The van der Waals surface area contributed by atoms with Gasteiger partial charge in [-0.25, -0.2) is 9.78 Å². The first-order chi connectivity index (χ1) is 11.3. The normalized spacial score (nSPS) is 18.4. The molecule has 1 amide bonds. The molecule has 8 heteroatoms. The van der Waals surface area contributed by atoms with Crippen LogP contribution in [0, 0.1) is 5.92 Å². The summed E-state index contributed by atoms with van der Waals surface area (Å²) in [6, 6.07) is 1.61. The van der Waals surface area contributed by atoms with E-state index in [0.717, 1.165) is 19.4 Å². The van der Waals surface area contributed by atoms with E-state index in [2.05, 4.69) is 9.97 Å². The molecular weight excluding hydrogens is 350 g/mol. The molecular formula is C16H24ClN3O3S. The van der Waals surface area contributed by atoms with Crippen molar-refractivity contribution in [2.45, 2.75) is 44.4 Å². The highest BCUT2D eigenvalue weighted by molar-refractivity contribution is 7.98. The maximum atomic E-state index is 12.2. The SMILES string of the molecule is CSc1nc(Cl)cc(OCC2CCCN(C(=O)OC(C)(C)C)C2)n1. The molecule has 6 nitrogen and oxygen atoms in total. The number of hydrogen-bond donors (Lipinski definition) is 0. The minimum atomic E-state index is -0.480. The van der Waals surface area contributed by atoms with Gasteiger partial charge in [-0.2, -0.15) is 4.98 Å². The van der Waals surface area contributed by atoms with Gasteiger partial charge in [-0.3, -0.25) is 0 Å². The Morgan fingerprint density at radius 2 is 2.21 bits per heavy atom. The average molecular weight is 374 g/mol. The van der Waals surface area contributed by atoms with Crippen LogP contribution in [0.3, 0.4) is 0 Å². The van der Waals surface area contributed by atoms with Crippen molar-refractivity contribution in [2.24, 2.45) is 5.92 Å². The monoisotopic (exact) mass is 373 g/mol. The summed E-state index contributed by atoms with van der Waals surface area (Å²) >= 11 is 7.37. The Hall–Kier alpha value is -1.21. The number of ether oxygens (including phenoxy) is 2. The number of thioether (sulfide) groups is 1. The lowest BCUT2D eigenvalue weighted by molar-refractivity contribution is 0.0138. The van der Waals surface area contributed by atoms with Crippen LogP contribution in [-0.4, -0.2) is 52.5 Å². The highest BCUT2D eigenvalue weighted by Gasteiger charge is 2.28. The van der Waals surface area contributed by atoms with Gasteiger partial charge in [0.1, 0.15) is 10.8 Å². The van der Waals surface area contributed by atoms with Crippen molar-refractivity contribution >= 4 is 29.5 Å². The van der Waals surface area contributed by atoms with E-state index < -0.39 is 5.60 Å². The number of hydrogen-bond acceptors (Lipinski definition) is 6. The topological polar surface area (TPSA) is 64.5 Å². The first-order valence-electron chi connectivity index (χ1n) is 7.96. The summed E-state index contributed by atoms with van der Waals surface area (Å²) in [5.74, 6) is 0.714. The molecule has 134 valence electrons. The van der Waals surface area contributed by atoms with E-state index in [4.69, 9.17) is 21.1 Å².